The van der Waals surface area contributed by atoms with Crippen LogP contribution in [0.1, 0.15) is 33.1 Å². The molecule has 0 spiro atoms. The number of hydrogen-bond donors (Lipinski definition) is 1. The van der Waals surface area contributed by atoms with Crippen molar-refractivity contribution in [2.45, 2.75) is 19.4 Å². The van der Waals surface area contributed by atoms with Crippen LogP contribution in [0.25, 0.3) is 0 Å². The van der Waals surface area contributed by atoms with Gasteiger partial charge in [0.15, 0.2) is 0 Å². The first-order chi connectivity index (χ1) is 12.1. The van der Waals surface area contributed by atoms with E-state index < -0.39 is 10.0 Å². The Kier molecular flexibility index (Phi) is 7.10. The lowest BCUT2D eigenvalue weighted by atomic mass is 10.1. The maximum Gasteiger partial charge on any atom is 0.264 e. The number of rotatable bonds is 7. The van der Waals surface area contributed by atoms with Crippen molar-refractivity contribution in [2.75, 3.05) is 19.8 Å². The normalized spacial score (nSPS) is 12.8. The van der Waals surface area contributed by atoms with Crippen LogP contribution >= 0.6 is 34.5 Å². The van der Waals surface area contributed by atoms with Crippen LogP contribution in [0.4, 0.5) is 0 Å². The van der Waals surface area contributed by atoms with Crippen molar-refractivity contribution in [3.8, 4) is 0 Å². The van der Waals surface area contributed by atoms with Gasteiger partial charge in [0.05, 0.1) is 17.2 Å². The maximum atomic E-state index is 12.7. The van der Waals surface area contributed by atoms with E-state index in [1.165, 1.54) is 11.3 Å². The number of halogens is 2. The van der Waals surface area contributed by atoms with Crippen molar-refractivity contribution in [3.05, 3.63) is 55.7 Å². The Bertz CT molecular complexity index is 897. The van der Waals surface area contributed by atoms with E-state index in [0.717, 1.165) is 16.7 Å². The standard InChI is InChI=1S/C17H20Cl2N2O3S2/c1-11(14-6-4-12(18)10-15(14)19)21(2)17(22)16-7-5-13(25-16)8-9-20-26(3,23)24/h4-7,10-11,20H,8-9H2,1-3H3/t11-/m1/s1. The molecule has 0 fully saturated rings. The molecule has 9 heteroatoms. The average Bonchev–Trinajstić information content (AvgIpc) is 3.00. The molecule has 0 radical (unpaired) electrons. The summed E-state index contributed by atoms with van der Waals surface area (Å²) in [7, 11) is -1.48. The monoisotopic (exact) mass is 434 g/mol. The second kappa shape index (κ2) is 8.71. The molecule has 0 saturated heterocycles. The van der Waals surface area contributed by atoms with E-state index in [1.807, 2.05) is 19.1 Å². The smallest absolute Gasteiger partial charge is 0.264 e. The second-order valence-corrected chi connectivity index (χ2v) is 9.79. The van der Waals surface area contributed by atoms with E-state index in [-0.39, 0.29) is 11.9 Å². The first kappa shape index (κ1) is 21.2. The number of benzene rings is 1. The molecule has 0 aliphatic carbocycles. The third-order valence-electron chi connectivity index (χ3n) is 3.92. The predicted molar refractivity (Wildman–Crippen MR) is 108 cm³/mol. The Morgan fingerprint density at radius 1 is 1.27 bits per heavy atom. The van der Waals surface area contributed by atoms with Gasteiger partial charge in [0.2, 0.25) is 10.0 Å². The molecule has 1 aromatic heterocycles. The van der Waals surface area contributed by atoms with Gasteiger partial charge in [-0.15, -0.1) is 11.3 Å². The molecule has 1 amide bonds. The van der Waals surface area contributed by atoms with Crippen molar-refractivity contribution < 1.29 is 13.2 Å². The number of amides is 1. The summed E-state index contributed by atoms with van der Waals surface area (Å²) in [4.78, 5) is 15.9. The molecule has 1 heterocycles. The Morgan fingerprint density at radius 3 is 2.58 bits per heavy atom. The number of nitrogens with zero attached hydrogens (tertiary/aromatic N) is 1. The van der Waals surface area contributed by atoms with E-state index in [0.29, 0.717) is 27.9 Å². The number of thiophene rings is 1. The largest absolute Gasteiger partial charge is 0.334 e. The van der Waals surface area contributed by atoms with Crippen LogP contribution < -0.4 is 4.72 Å². The molecular weight excluding hydrogens is 415 g/mol. The summed E-state index contributed by atoms with van der Waals surface area (Å²) < 4.78 is 24.6. The molecule has 0 bridgehead atoms. The minimum absolute atomic E-state index is 0.115. The molecule has 26 heavy (non-hydrogen) atoms. The fraction of sp³-hybridized carbons (Fsp3) is 0.353. The Balaban J connectivity index is 2.06. The topological polar surface area (TPSA) is 66.5 Å². The summed E-state index contributed by atoms with van der Waals surface area (Å²) in [5.74, 6) is -0.115. The quantitative estimate of drug-likeness (QED) is 0.716. The highest BCUT2D eigenvalue weighted by molar-refractivity contribution is 7.88. The minimum atomic E-state index is -3.21. The molecule has 2 aromatic rings. The Hall–Kier alpha value is -1.12. The van der Waals surface area contributed by atoms with Gasteiger partial charge in [-0.05, 0) is 43.2 Å². The highest BCUT2D eigenvalue weighted by Crippen LogP contribution is 2.30. The second-order valence-electron chi connectivity index (χ2n) is 5.94. The zero-order valence-electron chi connectivity index (χ0n) is 14.6. The maximum absolute atomic E-state index is 12.7. The first-order valence-electron chi connectivity index (χ1n) is 7.84. The first-order valence-corrected chi connectivity index (χ1v) is 11.3. The molecule has 0 aliphatic rings. The molecule has 1 aromatic carbocycles. The molecule has 1 atom stereocenters. The van der Waals surface area contributed by atoms with Crippen molar-refractivity contribution >= 4 is 50.5 Å². The third-order valence-corrected chi connectivity index (χ3v) is 6.35. The summed E-state index contributed by atoms with van der Waals surface area (Å²) in [6, 6.07) is 8.60. The fourth-order valence-corrected chi connectivity index (χ4v) is 4.41. The van der Waals surface area contributed by atoms with Gasteiger partial charge in [-0.2, -0.15) is 0 Å². The van der Waals surface area contributed by atoms with Crippen molar-refractivity contribution in [1.29, 1.82) is 0 Å². The SMILES string of the molecule is C[C@H](c1ccc(Cl)cc1Cl)N(C)C(=O)c1ccc(CCNS(C)(=O)=O)s1. The van der Waals surface area contributed by atoms with Gasteiger partial charge in [0.1, 0.15) is 0 Å². The van der Waals surface area contributed by atoms with Crippen molar-refractivity contribution in [3.63, 3.8) is 0 Å². The summed E-state index contributed by atoms with van der Waals surface area (Å²) in [6.45, 7) is 2.21. The van der Waals surface area contributed by atoms with Crippen LogP contribution in [0.15, 0.2) is 30.3 Å². The number of sulfonamides is 1. The van der Waals surface area contributed by atoms with Crippen molar-refractivity contribution in [1.82, 2.24) is 9.62 Å². The average molecular weight is 435 g/mol. The summed E-state index contributed by atoms with van der Waals surface area (Å²) in [5.41, 5.74) is 0.820. The van der Waals surface area contributed by atoms with Gasteiger partial charge in [0, 0.05) is 28.5 Å². The van der Waals surface area contributed by atoms with E-state index in [9.17, 15) is 13.2 Å². The van der Waals surface area contributed by atoms with Crippen LogP contribution in [0.5, 0.6) is 0 Å². The zero-order chi connectivity index (χ0) is 19.5. The fourth-order valence-electron chi connectivity index (χ4n) is 2.39. The lowest BCUT2D eigenvalue weighted by Crippen LogP contribution is -2.29. The number of carbonyl (C=O) groups is 1. The van der Waals surface area contributed by atoms with E-state index in [2.05, 4.69) is 4.72 Å². The lowest BCUT2D eigenvalue weighted by Gasteiger charge is -2.25. The number of carbonyl (C=O) groups excluding carboxylic acids is 1. The molecule has 142 valence electrons. The summed E-state index contributed by atoms with van der Waals surface area (Å²) in [5, 5.41) is 1.06. The van der Waals surface area contributed by atoms with Gasteiger partial charge < -0.3 is 4.90 Å². The molecule has 2 rings (SSSR count). The number of hydrogen-bond acceptors (Lipinski definition) is 4. The lowest BCUT2D eigenvalue weighted by molar-refractivity contribution is 0.0747. The molecular formula is C17H20Cl2N2O3S2. The Labute approximate surface area is 168 Å². The van der Waals surface area contributed by atoms with Crippen LogP contribution in [0.2, 0.25) is 10.0 Å². The minimum Gasteiger partial charge on any atom is -0.334 e. The molecule has 0 aliphatic heterocycles. The van der Waals surface area contributed by atoms with Crippen LogP contribution in [0, 0.1) is 0 Å². The summed E-state index contributed by atoms with van der Waals surface area (Å²) >= 11 is 13.5. The van der Waals surface area contributed by atoms with Crippen LogP contribution in [-0.4, -0.2) is 39.1 Å². The van der Waals surface area contributed by atoms with Gasteiger partial charge >= 0.3 is 0 Å². The van der Waals surface area contributed by atoms with E-state index in [4.69, 9.17) is 23.2 Å². The molecule has 0 unspecified atom stereocenters. The van der Waals surface area contributed by atoms with Gasteiger partial charge in [-0.1, -0.05) is 29.3 Å². The Morgan fingerprint density at radius 2 is 1.96 bits per heavy atom. The highest BCUT2D eigenvalue weighted by atomic mass is 35.5. The van der Waals surface area contributed by atoms with Gasteiger partial charge in [-0.25, -0.2) is 13.1 Å². The molecule has 1 N–H and O–H groups in total. The van der Waals surface area contributed by atoms with E-state index >= 15 is 0 Å². The summed E-state index contributed by atoms with van der Waals surface area (Å²) in [6.07, 6.45) is 1.65. The highest BCUT2D eigenvalue weighted by Gasteiger charge is 2.22. The zero-order valence-corrected chi connectivity index (χ0v) is 17.8. The third kappa shape index (κ3) is 5.69. The predicted octanol–water partition coefficient (Wildman–Crippen LogP) is 3.98. The van der Waals surface area contributed by atoms with Gasteiger partial charge in [0.25, 0.3) is 5.91 Å². The van der Waals surface area contributed by atoms with E-state index in [1.54, 1.807) is 30.1 Å². The van der Waals surface area contributed by atoms with Gasteiger partial charge in [-0.3, -0.25) is 4.79 Å². The van der Waals surface area contributed by atoms with Crippen LogP contribution in [-0.2, 0) is 16.4 Å². The molecule has 0 saturated carbocycles. The molecule has 5 nitrogen and oxygen atoms in total. The van der Waals surface area contributed by atoms with Crippen LogP contribution in [0.3, 0.4) is 0 Å². The van der Waals surface area contributed by atoms with Crippen molar-refractivity contribution in [2.24, 2.45) is 0 Å². The number of nitrogens with one attached hydrogen (secondary N) is 1.